The number of rotatable bonds is 5. The Balaban J connectivity index is 1.71. The van der Waals surface area contributed by atoms with E-state index in [1.807, 2.05) is 50.5 Å². The van der Waals surface area contributed by atoms with Crippen molar-refractivity contribution in [1.29, 1.82) is 0 Å². The molecule has 4 nitrogen and oxygen atoms in total. The molecule has 0 atom stereocenters. The summed E-state index contributed by atoms with van der Waals surface area (Å²) in [5.74, 6) is 1.59. The van der Waals surface area contributed by atoms with E-state index in [2.05, 4.69) is 52.7 Å². The van der Waals surface area contributed by atoms with Crippen molar-refractivity contribution >= 4 is 22.4 Å². The lowest BCUT2D eigenvalue weighted by molar-refractivity contribution is 1.10. The van der Waals surface area contributed by atoms with Gasteiger partial charge in [0.15, 0.2) is 5.82 Å². The Kier molecular flexibility index (Phi) is 4.71. The molecule has 0 amide bonds. The van der Waals surface area contributed by atoms with Gasteiger partial charge in [0.05, 0.1) is 5.52 Å². The lowest BCUT2D eigenvalue weighted by Crippen LogP contribution is -2.08. The lowest BCUT2D eigenvalue weighted by Gasteiger charge is -2.13. The minimum Gasteiger partial charge on any atom is -0.378 e. The minimum atomic E-state index is 0.723. The zero-order chi connectivity index (χ0) is 18.6. The summed E-state index contributed by atoms with van der Waals surface area (Å²) in [5.41, 5.74) is 4.32. The van der Waals surface area contributed by atoms with E-state index in [0.717, 1.165) is 40.3 Å². The summed E-state index contributed by atoms with van der Waals surface area (Å²) in [5, 5.41) is 4.51. The van der Waals surface area contributed by atoms with E-state index in [1.54, 1.807) is 0 Å². The smallest absolute Gasteiger partial charge is 0.162 e. The predicted molar refractivity (Wildman–Crippen MR) is 113 cm³/mol. The summed E-state index contributed by atoms with van der Waals surface area (Å²) in [6.07, 6.45) is 0. The molecular formula is C23H22N4. The van der Waals surface area contributed by atoms with Gasteiger partial charge in [-0.25, -0.2) is 9.97 Å². The Morgan fingerprint density at radius 3 is 2.22 bits per heavy atom. The molecule has 0 unspecified atom stereocenters. The molecule has 0 aliphatic heterocycles. The summed E-state index contributed by atoms with van der Waals surface area (Å²) < 4.78 is 0. The van der Waals surface area contributed by atoms with Crippen LogP contribution in [0.2, 0.25) is 0 Å². The molecule has 4 rings (SSSR count). The lowest BCUT2D eigenvalue weighted by atomic mass is 10.1. The van der Waals surface area contributed by atoms with E-state index in [0.29, 0.717) is 0 Å². The van der Waals surface area contributed by atoms with Crippen LogP contribution in [-0.4, -0.2) is 24.1 Å². The van der Waals surface area contributed by atoms with Crippen LogP contribution in [0.5, 0.6) is 0 Å². The minimum absolute atomic E-state index is 0.723. The van der Waals surface area contributed by atoms with E-state index >= 15 is 0 Å². The van der Waals surface area contributed by atoms with Crippen LogP contribution in [0.15, 0.2) is 78.9 Å². The molecular weight excluding hydrogens is 332 g/mol. The molecule has 0 aliphatic rings. The summed E-state index contributed by atoms with van der Waals surface area (Å²) in [4.78, 5) is 11.7. The number of fused-ring (bicyclic) bond motifs is 1. The van der Waals surface area contributed by atoms with Crippen molar-refractivity contribution in [3.8, 4) is 11.4 Å². The Morgan fingerprint density at radius 1 is 0.778 bits per heavy atom. The molecule has 3 aromatic carbocycles. The SMILES string of the molecule is CN(C)c1ccc(-c2nc(NCc3ccccc3)c3ccccc3n2)cc1. The third-order valence-electron chi connectivity index (χ3n) is 4.55. The third-order valence-corrected chi connectivity index (χ3v) is 4.55. The first-order valence-corrected chi connectivity index (χ1v) is 9.03. The molecule has 4 aromatic rings. The summed E-state index contributed by atoms with van der Waals surface area (Å²) >= 11 is 0. The summed E-state index contributed by atoms with van der Waals surface area (Å²) in [6.45, 7) is 0.723. The largest absolute Gasteiger partial charge is 0.378 e. The number of aromatic nitrogens is 2. The van der Waals surface area contributed by atoms with Crippen molar-refractivity contribution < 1.29 is 0 Å². The van der Waals surface area contributed by atoms with Gasteiger partial charge in [-0.15, -0.1) is 0 Å². The molecule has 0 bridgehead atoms. The monoisotopic (exact) mass is 354 g/mol. The number of nitrogens with zero attached hydrogens (tertiary/aromatic N) is 3. The fourth-order valence-corrected chi connectivity index (χ4v) is 3.03. The maximum Gasteiger partial charge on any atom is 0.162 e. The average Bonchev–Trinajstić information content (AvgIpc) is 2.72. The Hall–Kier alpha value is -3.40. The second-order valence-electron chi connectivity index (χ2n) is 6.69. The standard InChI is InChI=1S/C23H22N4/c1-27(2)19-14-12-18(13-15-19)22-25-21-11-7-6-10-20(21)23(26-22)24-16-17-8-4-3-5-9-17/h3-15H,16H2,1-2H3,(H,24,25,26). The molecule has 0 saturated heterocycles. The molecule has 0 fully saturated rings. The fourth-order valence-electron chi connectivity index (χ4n) is 3.03. The topological polar surface area (TPSA) is 41.1 Å². The highest BCUT2D eigenvalue weighted by atomic mass is 15.1. The highest BCUT2D eigenvalue weighted by molar-refractivity contribution is 5.90. The van der Waals surface area contributed by atoms with E-state index in [4.69, 9.17) is 9.97 Å². The number of hydrogen-bond donors (Lipinski definition) is 1. The number of benzene rings is 3. The van der Waals surface area contributed by atoms with Gasteiger partial charge in [-0.1, -0.05) is 42.5 Å². The maximum atomic E-state index is 4.82. The van der Waals surface area contributed by atoms with E-state index < -0.39 is 0 Å². The van der Waals surface area contributed by atoms with Crippen LogP contribution >= 0.6 is 0 Å². The van der Waals surface area contributed by atoms with Gasteiger partial charge in [0.2, 0.25) is 0 Å². The molecule has 1 aromatic heterocycles. The average molecular weight is 354 g/mol. The van der Waals surface area contributed by atoms with Crippen LogP contribution < -0.4 is 10.2 Å². The van der Waals surface area contributed by atoms with Gasteiger partial charge in [-0.3, -0.25) is 0 Å². The molecule has 27 heavy (non-hydrogen) atoms. The van der Waals surface area contributed by atoms with Crippen LogP contribution in [0.25, 0.3) is 22.3 Å². The highest BCUT2D eigenvalue weighted by Crippen LogP contribution is 2.26. The van der Waals surface area contributed by atoms with Gasteiger partial charge in [0.1, 0.15) is 5.82 Å². The number of hydrogen-bond acceptors (Lipinski definition) is 4. The molecule has 134 valence electrons. The molecule has 1 N–H and O–H groups in total. The summed E-state index contributed by atoms with van der Waals surface area (Å²) in [7, 11) is 4.07. The van der Waals surface area contributed by atoms with Crippen molar-refractivity contribution in [2.75, 3.05) is 24.3 Å². The van der Waals surface area contributed by atoms with Gasteiger partial charge in [-0.05, 0) is 42.0 Å². The van der Waals surface area contributed by atoms with Crippen molar-refractivity contribution in [1.82, 2.24) is 9.97 Å². The fraction of sp³-hybridized carbons (Fsp3) is 0.130. The normalized spacial score (nSPS) is 10.7. The van der Waals surface area contributed by atoms with Crippen LogP contribution in [0.1, 0.15) is 5.56 Å². The van der Waals surface area contributed by atoms with Crippen molar-refractivity contribution in [3.63, 3.8) is 0 Å². The maximum absolute atomic E-state index is 4.82. The first-order valence-electron chi connectivity index (χ1n) is 9.03. The van der Waals surface area contributed by atoms with Crippen LogP contribution in [0, 0.1) is 0 Å². The number of anilines is 2. The van der Waals surface area contributed by atoms with Gasteiger partial charge in [0.25, 0.3) is 0 Å². The van der Waals surface area contributed by atoms with Crippen LogP contribution in [0.3, 0.4) is 0 Å². The third kappa shape index (κ3) is 3.75. The van der Waals surface area contributed by atoms with Gasteiger partial charge >= 0.3 is 0 Å². The van der Waals surface area contributed by atoms with Crippen LogP contribution in [-0.2, 0) is 6.54 Å². The quantitative estimate of drug-likeness (QED) is 0.549. The Bertz CT molecular complexity index is 1040. The van der Waals surface area contributed by atoms with Gasteiger partial charge < -0.3 is 10.2 Å². The predicted octanol–water partition coefficient (Wildman–Crippen LogP) is 4.97. The highest BCUT2D eigenvalue weighted by Gasteiger charge is 2.09. The zero-order valence-electron chi connectivity index (χ0n) is 15.6. The Labute approximate surface area is 159 Å². The van der Waals surface area contributed by atoms with E-state index in [-0.39, 0.29) is 0 Å². The van der Waals surface area contributed by atoms with E-state index in [1.165, 1.54) is 5.56 Å². The number of para-hydroxylation sites is 1. The van der Waals surface area contributed by atoms with Crippen molar-refractivity contribution in [2.45, 2.75) is 6.54 Å². The summed E-state index contributed by atoms with van der Waals surface area (Å²) in [6, 6.07) is 26.8. The molecule has 0 saturated carbocycles. The molecule has 0 aliphatic carbocycles. The first-order chi connectivity index (χ1) is 13.2. The second kappa shape index (κ2) is 7.46. The zero-order valence-corrected chi connectivity index (χ0v) is 15.6. The molecule has 0 radical (unpaired) electrons. The first kappa shape index (κ1) is 17.0. The molecule has 4 heteroatoms. The molecule has 1 heterocycles. The van der Waals surface area contributed by atoms with Gasteiger partial charge in [-0.2, -0.15) is 0 Å². The van der Waals surface area contributed by atoms with E-state index in [9.17, 15) is 0 Å². The second-order valence-corrected chi connectivity index (χ2v) is 6.69. The molecule has 0 spiro atoms. The Morgan fingerprint density at radius 2 is 1.48 bits per heavy atom. The van der Waals surface area contributed by atoms with Crippen molar-refractivity contribution in [3.05, 3.63) is 84.4 Å². The van der Waals surface area contributed by atoms with Crippen LogP contribution in [0.4, 0.5) is 11.5 Å². The van der Waals surface area contributed by atoms with Crippen molar-refractivity contribution in [2.24, 2.45) is 0 Å². The number of nitrogens with one attached hydrogen (secondary N) is 1. The van der Waals surface area contributed by atoms with Gasteiger partial charge in [0, 0.05) is 37.3 Å².